The van der Waals surface area contributed by atoms with Gasteiger partial charge in [0.1, 0.15) is 0 Å². The molecule has 1 N–H and O–H groups in total. The summed E-state index contributed by atoms with van der Waals surface area (Å²) in [5.74, 6) is 0.927. The third-order valence-electron chi connectivity index (χ3n) is 5.22. The third kappa shape index (κ3) is 5.05. The van der Waals surface area contributed by atoms with E-state index in [-0.39, 0.29) is 5.91 Å². The molecule has 1 radical (unpaired) electrons. The average molecular weight is 491 g/mol. The molecule has 0 aliphatic heterocycles. The molecule has 0 atom stereocenters. The maximum Gasteiger partial charge on any atom is 0.258 e. The summed E-state index contributed by atoms with van der Waals surface area (Å²) in [5.41, 5.74) is 3.06. The van der Waals surface area contributed by atoms with Crippen molar-refractivity contribution in [1.29, 1.82) is 0 Å². The molecule has 0 spiro atoms. The van der Waals surface area contributed by atoms with Gasteiger partial charge in [-0.3, -0.25) is 9.78 Å². The minimum atomic E-state index is -0.247. The standard InChI is InChI=1S/C25H25BrN5O/c1-17(2)9-6-7-14-31-24-20(15-21(26)22(28-24)18-10-4-3-5-11-18)23(30-31)29-25(32)19-12-8-13-27-16-19/h4-5,8,10-13,15-17H,6-7,9,14H2,1-2H3,(H,29,30,32). The number of fused-ring (bicyclic) bond motifs is 1. The molecule has 4 rings (SSSR count). The molecule has 0 bridgehead atoms. The van der Waals surface area contributed by atoms with Gasteiger partial charge in [-0.25, -0.2) is 9.67 Å². The number of anilines is 1. The number of carbonyl (C=O) groups excluding carboxylic acids is 1. The fourth-order valence-corrected chi connectivity index (χ4v) is 4.10. The van der Waals surface area contributed by atoms with E-state index in [4.69, 9.17) is 10.1 Å². The van der Waals surface area contributed by atoms with E-state index < -0.39 is 0 Å². The number of hydrogen-bond donors (Lipinski definition) is 1. The molecule has 4 aromatic rings. The lowest BCUT2D eigenvalue weighted by molar-refractivity contribution is 0.102. The Hall–Kier alpha value is -3.06. The Kier molecular flexibility index (Phi) is 6.95. The van der Waals surface area contributed by atoms with Crippen molar-refractivity contribution in [2.75, 3.05) is 5.32 Å². The first-order valence-corrected chi connectivity index (χ1v) is 11.6. The minimum Gasteiger partial charge on any atom is -0.304 e. The number of carbonyl (C=O) groups is 1. The summed E-state index contributed by atoms with van der Waals surface area (Å²) in [4.78, 5) is 21.7. The van der Waals surface area contributed by atoms with Crippen LogP contribution in [-0.2, 0) is 6.54 Å². The predicted octanol–water partition coefficient (Wildman–Crippen LogP) is 6.13. The Labute approximate surface area is 196 Å². The van der Waals surface area contributed by atoms with Crippen LogP contribution in [0.5, 0.6) is 0 Å². The van der Waals surface area contributed by atoms with Crippen LogP contribution in [0.4, 0.5) is 5.82 Å². The Morgan fingerprint density at radius 2 is 2.03 bits per heavy atom. The van der Waals surface area contributed by atoms with E-state index in [1.807, 2.05) is 35.0 Å². The van der Waals surface area contributed by atoms with E-state index in [0.29, 0.717) is 17.3 Å². The topological polar surface area (TPSA) is 72.7 Å². The van der Waals surface area contributed by atoms with Crippen LogP contribution >= 0.6 is 15.9 Å². The third-order valence-corrected chi connectivity index (χ3v) is 5.83. The fraction of sp³-hybridized carbons (Fsp3) is 0.280. The number of nitrogens with zero attached hydrogens (tertiary/aromatic N) is 4. The van der Waals surface area contributed by atoms with E-state index >= 15 is 0 Å². The van der Waals surface area contributed by atoms with Crippen molar-refractivity contribution in [2.45, 2.75) is 39.7 Å². The van der Waals surface area contributed by atoms with Crippen LogP contribution in [-0.4, -0.2) is 25.7 Å². The van der Waals surface area contributed by atoms with Gasteiger partial charge in [0.05, 0.1) is 16.6 Å². The van der Waals surface area contributed by atoms with Gasteiger partial charge in [-0.2, -0.15) is 5.10 Å². The number of unbranched alkanes of at least 4 members (excludes halogenated alkanes) is 1. The van der Waals surface area contributed by atoms with E-state index in [2.05, 4.69) is 46.1 Å². The molecule has 0 aliphatic rings. The van der Waals surface area contributed by atoms with Gasteiger partial charge in [-0.05, 0) is 52.5 Å². The monoisotopic (exact) mass is 490 g/mol. The van der Waals surface area contributed by atoms with Crippen molar-refractivity contribution in [3.8, 4) is 11.3 Å². The normalized spacial score (nSPS) is 11.2. The minimum absolute atomic E-state index is 0.247. The van der Waals surface area contributed by atoms with Crippen LogP contribution in [0.1, 0.15) is 43.5 Å². The Balaban J connectivity index is 1.71. The van der Waals surface area contributed by atoms with Crippen molar-refractivity contribution < 1.29 is 4.79 Å². The second kappa shape index (κ2) is 10.0. The molecule has 0 fully saturated rings. The van der Waals surface area contributed by atoms with Crippen molar-refractivity contribution in [3.05, 3.63) is 71.0 Å². The molecule has 163 valence electrons. The maximum atomic E-state index is 12.7. The summed E-state index contributed by atoms with van der Waals surface area (Å²) in [5, 5.41) is 8.46. The van der Waals surface area contributed by atoms with Crippen molar-refractivity contribution >= 4 is 38.7 Å². The largest absolute Gasteiger partial charge is 0.304 e. The number of halogens is 1. The van der Waals surface area contributed by atoms with E-state index in [1.54, 1.807) is 24.5 Å². The fourth-order valence-electron chi connectivity index (χ4n) is 3.56. The molecular formula is C25H25BrN5O. The van der Waals surface area contributed by atoms with Crippen molar-refractivity contribution in [2.24, 2.45) is 5.92 Å². The van der Waals surface area contributed by atoms with Gasteiger partial charge in [0, 0.05) is 29.0 Å². The second-order valence-electron chi connectivity index (χ2n) is 8.14. The van der Waals surface area contributed by atoms with Gasteiger partial charge < -0.3 is 5.32 Å². The predicted molar refractivity (Wildman–Crippen MR) is 130 cm³/mol. The average Bonchev–Trinajstić information content (AvgIpc) is 3.13. The summed E-state index contributed by atoms with van der Waals surface area (Å²) in [6.07, 6.45) is 6.47. The molecule has 7 heteroatoms. The Morgan fingerprint density at radius 3 is 2.75 bits per heavy atom. The zero-order valence-electron chi connectivity index (χ0n) is 18.2. The molecular weight excluding hydrogens is 466 g/mol. The highest BCUT2D eigenvalue weighted by Gasteiger charge is 2.18. The van der Waals surface area contributed by atoms with E-state index in [0.717, 1.165) is 46.1 Å². The van der Waals surface area contributed by atoms with Crippen LogP contribution in [0.15, 0.2) is 59.3 Å². The van der Waals surface area contributed by atoms with Gasteiger partial charge in [0.15, 0.2) is 11.5 Å². The lowest BCUT2D eigenvalue weighted by atomic mass is 10.1. The molecule has 0 saturated carbocycles. The highest BCUT2D eigenvalue weighted by Crippen LogP contribution is 2.33. The number of aryl methyl sites for hydroxylation is 1. The molecule has 0 saturated heterocycles. The van der Waals surface area contributed by atoms with E-state index in [1.165, 1.54) is 6.42 Å². The zero-order chi connectivity index (χ0) is 22.5. The zero-order valence-corrected chi connectivity index (χ0v) is 19.8. The van der Waals surface area contributed by atoms with Gasteiger partial charge >= 0.3 is 0 Å². The van der Waals surface area contributed by atoms with Gasteiger partial charge in [-0.1, -0.05) is 51.0 Å². The first-order chi connectivity index (χ1) is 15.5. The molecule has 6 nitrogen and oxygen atoms in total. The summed E-state index contributed by atoms with van der Waals surface area (Å²) >= 11 is 3.66. The second-order valence-corrected chi connectivity index (χ2v) is 8.99. The molecule has 32 heavy (non-hydrogen) atoms. The molecule has 3 aromatic heterocycles. The number of nitrogens with one attached hydrogen (secondary N) is 1. The lowest BCUT2D eigenvalue weighted by Crippen LogP contribution is -2.13. The Morgan fingerprint density at radius 1 is 1.22 bits per heavy atom. The highest BCUT2D eigenvalue weighted by molar-refractivity contribution is 9.10. The lowest BCUT2D eigenvalue weighted by Gasteiger charge is -2.07. The molecule has 3 heterocycles. The van der Waals surface area contributed by atoms with Gasteiger partial charge in [0.25, 0.3) is 5.91 Å². The van der Waals surface area contributed by atoms with Crippen LogP contribution in [0, 0.1) is 12.0 Å². The number of benzene rings is 1. The summed E-state index contributed by atoms with van der Waals surface area (Å²) in [7, 11) is 0. The number of rotatable bonds is 8. The molecule has 1 amide bonds. The number of amides is 1. The molecule has 0 aliphatic carbocycles. The van der Waals surface area contributed by atoms with Gasteiger partial charge in [-0.15, -0.1) is 0 Å². The van der Waals surface area contributed by atoms with Gasteiger partial charge in [0.2, 0.25) is 0 Å². The maximum absolute atomic E-state index is 12.7. The SMILES string of the molecule is CC(C)CCCCn1nc(NC(=O)c2cccnc2)c2cc(Br)c(-c3cc[c]cc3)nc21. The highest BCUT2D eigenvalue weighted by atomic mass is 79.9. The summed E-state index contributed by atoms with van der Waals surface area (Å²) in [6, 6.07) is 16.2. The van der Waals surface area contributed by atoms with Crippen LogP contribution in [0.3, 0.4) is 0 Å². The first-order valence-electron chi connectivity index (χ1n) is 10.8. The van der Waals surface area contributed by atoms with Crippen molar-refractivity contribution in [1.82, 2.24) is 19.7 Å². The van der Waals surface area contributed by atoms with Crippen LogP contribution in [0.2, 0.25) is 0 Å². The summed E-state index contributed by atoms with van der Waals surface area (Å²) in [6.45, 7) is 5.21. The number of hydrogen-bond acceptors (Lipinski definition) is 4. The number of aromatic nitrogens is 4. The molecule has 1 aromatic carbocycles. The Bertz CT molecular complexity index is 1210. The first kappa shape index (κ1) is 22.1. The van der Waals surface area contributed by atoms with Crippen LogP contribution in [0.25, 0.3) is 22.3 Å². The number of pyridine rings is 2. The van der Waals surface area contributed by atoms with E-state index in [9.17, 15) is 4.79 Å². The van der Waals surface area contributed by atoms with Crippen LogP contribution < -0.4 is 5.32 Å². The van der Waals surface area contributed by atoms with Crippen molar-refractivity contribution in [3.63, 3.8) is 0 Å². The smallest absolute Gasteiger partial charge is 0.258 e. The quantitative estimate of drug-likeness (QED) is 0.301. The summed E-state index contributed by atoms with van der Waals surface area (Å²) < 4.78 is 2.74. The molecule has 0 unspecified atom stereocenters.